The van der Waals surface area contributed by atoms with Gasteiger partial charge in [0.25, 0.3) is 0 Å². The zero-order valence-corrected chi connectivity index (χ0v) is 16.0. The van der Waals surface area contributed by atoms with Gasteiger partial charge in [-0.05, 0) is 19.8 Å². The summed E-state index contributed by atoms with van der Waals surface area (Å²) >= 11 is 0. The topological polar surface area (TPSA) is 235 Å². The molecule has 0 fully saturated rings. The maximum Gasteiger partial charge on any atom is 0.328 e. The molecule has 13 nitrogen and oxygen atoms in total. The second-order valence-electron chi connectivity index (χ2n) is 6.46. The molecule has 1 aromatic rings. The van der Waals surface area contributed by atoms with Crippen LogP contribution in [0.25, 0.3) is 0 Å². The van der Waals surface area contributed by atoms with E-state index in [9.17, 15) is 19.5 Å². The molecule has 0 radical (unpaired) electrons. The minimum atomic E-state index is -1.53. The highest BCUT2D eigenvalue weighted by Crippen LogP contribution is 2.03. The summed E-state index contributed by atoms with van der Waals surface area (Å²) in [5, 5.41) is 23.4. The van der Waals surface area contributed by atoms with Gasteiger partial charge in [0.15, 0.2) is 12.0 Å². The van der Waals surface area contributed by atoms with E-state index in [0.717, 1.165) is 0 Å². The molecule has 4 unspecified atom stereocenters. The number of nitrogens with zero attached hydrogens (tertiary/aromatic N) is 2. The SMILES string of the molecule is CC(O)C(NC(=O)C(CCCN=C(N)N)NC(=O)C(N)Cc1cnc[nH]1)C(=O)O. The molecule has 4 atom stereocenters. The van der Waals surface area contributed by atoms with Crippen LogP contribution in [0.15, 0.2) is 17.5 Å². The standard InChI is InChI=1S/C16H28N8O5/c1-8(25)12(15(28)29)24-14(27)11(3-2-4-21-16(18)19)23-13(26)10(17)5-9-6-20-7-22-9/h6-8,10-12,25H,2-5,17H2,1H3,(H,20,22)(H,23,26)(H,24,27)(H,28,29)(H4,18,19,21). The normalized spacial score (nSPS) is 14.9. The molecule has 0 saturated carbocycles. The number of H-pyrrole nitrogens is 1. The van der Waals surface area contributed by atoms with Gasteiger partial charge in [0.1, 0.15) is 6.04 Å². The molecule has 29 heavy (non-hydrogen) atoms. The molecule has 13 heteroatoms. The Morgan fingerprint density at radius 2 is 1.97 bits per heavy atom. The predicted molar refractivity (Wildman–Crippen MR) is 103 cm³/mol. The molecule has 2 amide bonds. The zero-order valence-electron chi connectivity index (χ0n) is 16.0. The average molecular weight is 412 g/mol. The van der Waals surface area contributed by atoms with E-state index in [-0.39, 0.29) is 25.3 Å². The van der Waals surface area contributed by atoms with Crippen molar-refractivity contribution < 1.29 is 24.6 Å². The average Bonchev–Trinajstić information content (AvgIpc) is 3.13. The van der Waals surface area contributed by atoms with E-state index in [4.69, 9.17) is 22.3 Å². The van der Waals surface area contributed by atoms with Crippen LogP contribution in [0.4, 0.5) is 0 Å². The van der Waals surface area contributed by atoms with Gasteiger partial charge in [0.05, 0.1) is 18.5 Å². The highest BCUT2D eigenvalue weighted by molar-refractivity contribution is 5.92. The van der Waals surface area contributed by atoms with E-state index < -0.39 is 42.0 Å². The van der Waals surface area contributed by atoms with Crippen molar-refractivity contribution in [3.63, 3.8) is 0 Å². The van der Waals surface area contributed by atoms with E-state index in [1.165, 1.54) is 19.4 Å². The van der Waals surface area contributed by atoms with Crippen molar-refractivity contribution in [2.45, 2.75) is 50.4 Å². The maximum absolute atomic E-state index is 12.5. The van der Waals surface area contributed by atoms with Crippen LogP contribution >= 0.6 is 0 Å². The fourth-order valence-electron chi connectivity index (χ4n) is 2.42. The highest BCUT2D eigenvalue weighted by atomic mass is 16.4. The Balaban J connectivity index is 2.79. The summed E-state index contributed by atoms with van der Waals surface area (Å²) in [4.78, 5) is 46.6. The summed E-state index contributed by atoms with van der Waals surface area (Å²) in [6.07, 6.45) is 2.25. The molecule has 0 aliphatic rings. The molecule has 1 heterocycles. The smallest absolute Gasteiger partial charge is 0.328 e. The third-order valence-corrected chi connectivity index (χ3v) is 3.96. The first-order valence-electron chi connectivity index (χ1n) is 8.91. The Bertz CT molecular complexity index is 702. The van der Waals surface area contributed by atoms with Crippen molar-refractivity contribution in [1.29, 1.82) is 0 Å². The number of carboxylic acid groups (broad SMARTS) is 1. The second kappa shape index (κ2) is 11.6. The number of nitrogens with one attached hydrogen (secondary N) is 3. The Labute approximate surface area is 167 Å². The van der Waals surface area contributed by atoms with Gasteiger partial charge in [0.2, 0.25) is 11.8 Å². The Morgan fingerprint density at radius 3 is 2.48 bits per heavy atom. The molecular formula is C16H28N8O5. The van der Waals surface area contributed by atoms with E-state index in [1.807, 2.05) is 0 Å². The number of aliphatic hydroxyl groups is 1. The third kappa shape index (κ3) is 8.57. The maximum atomic E-state index is 12.5. The minimum absolute atomic E-state index is 0.114. The van der Waals surface area contributed by atoms with Crippen LogP contribution in [0.5, 0.6) is 0 Å². The monoisotopic (exact) mass is 412 g/mol. The first-order valence-corrected chi connectivity index (χ1v) is 8.91. The Hall–Kier alpha value is -3.19. The van der Waals surface area contributed by atoms with Gasteiger partial charge >= 0.3 is 5.97 Å². The number of carbonyl (C=O) groups excluding carboxylic acids is 2. The van der Waals surface area contributed by atoms with E-state index in [1.54, 1.807) is 0 Å². The summed E-state index contributed by atoms with van der Waals surface area (Å²) in [6, 6.07) is -3.58. The van der Waals surface area contributed by atoms with Crippen molar-refractivity contribution in [3.8, 4) is 0 Å². The largest absolute Gasteiger partial charge is 0.480 e. The lowest BCUT2D eigenvalue weighted by molar-refractivity contribution is -0.145. The number of hydrogen-bond donors (Lipinski definition) is 8. The van der Waals surface area contributed by atoms with Gasteiger partial charge in [-0.3, -0.25) is 14.6 Å². The molecule has 0 saturated heterocycles. The summed E-state index contributed by atoms with van der Waals surface area (Å²) in [5.41, 5.74) is 17.0. The van der Waals surface area contributed by atoms with E-state index in [2.05, 4.69) is 25.6 Å². The first-order chi connectivity index (χ1) is 13.6. The highest BCUT2D eigenvalue weighted by Gasteiger charge is 2.30. The van der Waals surface area contributed by atoms with Crippen LogP contribution in [0, 0.1) is 0 Å². The minimum Gasteiger partial charge on any atom is -0.480 e. The van der Waals surface area contributed by atoms with Crippen LogP contribution in [-0.2, 0) is 20.8 Å². The fourth-order valence-corrected chi connectivity index (χ4v) is 2.42. The van der Waals surface area contributed by atoms with Gasteiger partial charge < -0.3 is 43.0 Å². The molecule has 1 aromatic heterocycles. The second-order valence-corrected chi connectivity index (χ2v) is 6.46. The number of carboxylic acids is 1. The summed E-state index contributed by atoms with van der Waals surface area (Å²) in [7, 11) is 0. The lowest BCUT2D eigenvalue weighted by Gasteiger charge is -2.23. The Kier molecular flexibility index (Phi) is 9.55. The number of aromatic amines is 1. The number of aromatic nitrogens is 2. The zero-order chi connectivity index (χ0) is 22.0. The number of rotatable bonds is 12. The summed E-state index contributed by atoms with van der Waals surface area (Å²) in [5.74, 6) is -2.90. The van der Waals surface area contributed by atoms with Crippen LogP contribution in [0.2, 0.25) is 0 Å². The number of aliphatic imine (C=N–C) groups is 1. The summed E-state index contributed by atoms with van der Waals surface area (Å²) in [6.45, 7) is 1.44. The van der Waals surface area contributed by atoms with Crippen molar-refractivity contribution in [3.05, 3.63) is 18.2 Å². The van der Waals surface area contributed by atoms with Gasteiger partial charge in [-0.2, -0.15) is 0 Å². The molecular weight excluding hydrogens is 384 g/mol. The number of aliphatic hydroxyl groups excluding tert-OH is 1. The quantitative estimate of drug-likeness (QED) is 0.0976. The molecule has 0 bridgehead atoms. The lowest BCUT2D eigenvalue weighted by Crippen LogP contribution is -2.56. The van der Waals surface area contributed by atoms with Gasteiger partial charge in [-0.1, -0.05) is 0 Å². The van der Waals surface area contributed by atoms with Gasteiger partial charge in [-0.25, -0.2) is 9.78 Å². The van der Waals surface area contributed by atoms with Crippen molar-refractivity contribution in [2.75, 3.05) is 6.54 Å². The lowest BCUT2D eigenvalue weighted by atomic mass is 10.1. The third-order valence-electron chi connectivity index (χ3n) is 3.96. The molecule has 0 aliphatic carbocycles. The van der Waals surface area contributed by atoms with Crippen LogP contribution in [0.3, 0.4) is 0 Å². The van der Waals surface area contributed by atoms with Gasteiger partial charge in [0, 0.05) is 24.9 Å². The number of imidazole rings is 1. The molecule has 11 N–H and O–H groups in total. The Morgan fingerprint density at radius 1 is 1.28 bits per heavy atom. The molecule has 0 spiro atoms. The van der Waals surface area contributed by atoms with Crippen molar-refractivity contribution in [2.24, 2.45) is 22.2 Å². The van der Waals surface area contributed by atoms with E-state index >= 15 is 0 Å². The van der Waals surface area contributed by atoms with Gasteiger partial charge in [-0.15, -0.1) is 0 Å². The number of nitrogens with two attached hydrogens (primary N) is 3. The molecule has 0 aliphatic heterocycles. The summed E-state index contributed by atoms with van der Waals surface area (Å²) < 4.78 is 0. The molecule has 0 aromatic carbocycles. The number of carbonyl (C=O) groups is 3. The van der Waals surface area contributed by atoms with Crippen molar-refractivity contribution >= 4 is 23.7 Å². The van der Waals surface area contributed by atoms with Crippen molar-refractivity contribution in [1.82, 2.24) is 20.6 Å². The number of hydrogen-bond acceptors (Lipinski definition) is 7. The first kappa shape index (κ1) is 23.8. The van der Waals surface area contributed by atoms with Crippen LogP contribution < -0.4 is 27.8 Å². The molecule has 1 rings (SSSR count). The number of amides is 2. The van der Waals surface area contributed by atoms with Crippen LogP contribution in [0.1, 0.15) is 25.5 Å². The number of aliphatic carboxylic acids is 1. The van der Waals surface area contributed by atoms with Crippen LogP contribution in [-0.4, -0.2) is 74.7 Å². The number of guanidine groups is 1. The van der Waals surface area contributed by atoms with E-state index in [0.29, 0.717) is 12.1 Å². The predicted octanol–water partition coefficient (Wildman–Crippen LogP) is -3.23. The fraction of sp³-hybridized carbons (Fsp3) is 0.562. The molecule has 162 valence electrons.